The summed E-state index contributed by atoms with van der Waals surface area (Å²) in [5.74, 6) is 0.345. The van der Waals surface area contributed by atoms with Crippen LogP contribution >= 0.6 is 0 Å². The Morgan fingerprint density at radius 1 is 0.909 bits per heavy atom. The molecule has 0 aliphatic carbocycles. The quantitative estimate of drug-likeness (QED) is 0.135. The van der Waals surface area contributed by atoms with Gasteiger partial charge >= 0.3 is 5.96 Å². The summed E-state index contributed by atoms with van der Waals surface area (Å²) in [5, 5.41) is 0. The van der Waals surface area contributed by atoms with Crippen molar-refractivity contribution in [3.8, 4) is 0 Å². The maximum atomic E-state index is 8.63. The van der Waals surface area contributed by atoms with Crippen LogP contribution in [0.5, 0.6) is 0 Å². The summed E-state index contributed by atoms with van der Waals surface area (Å²) in [5.41, 5.74) is 10.6. The first-order valence-electron chi connectivity index (χ1n) is 8.07. The van der Waals surface area contributed by atoms with E-state index in [-0.39, 0.29) is 0 Å². The summed E-state index contributed by atoms with van der Waals surface area (Å²) in [6, 6.07) is 0. The summed E-state index contributed by atoms with van der Waals surface area (Å²) < 4.78 is 32.8. The van der Waals surface area contributed by atoms with Crippen molar-refractivity contribution in [3.63, 3.8) is 0 Å². The molecule has 134 valence electrons. The number of rotatable bonds is 12. The van der Waals surface area contributed by atoms with E-state index in [2.05, 4.69) is 11.9 Å². The van der Waals surface area contributed by atoms with Gasteiger partial charge in [-0.05, 0) is 6.42 Å². The standard InChI is InChI=1S/C14H31N3.H2O4S/c1-2-3-4-5-6-7-8-9-10-11-12-13-17-14(15)16;1-5(2,3)4/h2-13H2,1H3,(H4,15,16,17);(H2,1,2,3,4). The normalized spacial score (nSPS) is 10.7. The molecular weight excluding hydrogens is 306 g/mol. The summed E-state index contributed by atoms with van der Waals surface area (Å²) >= 11 is 0. The summed E-state index contributed by atoms with van der Waals surface area (Å²) in [7, 11) is -4.92. The zero-order valence-corrected chi connectivity index (χ0v) is 14.5. The van der Waals surface area contributed by atoms with Crippen LogP contribution in [-0.2, 0) is 10.4 Å². The van der Waals surface area contributed by atoms with Crippen molar-refractivity contribution in [1.29, 1.82) is 0 Å². The minimum absolute atomic E-state index is 0.345. The van der Waals surface area contributed by atoms with Crippen molar-refractivity contribution in [2.45, 2.75) is 77.6 Å². The van der Waals surface area contributed by atoms with Crippen LogP contribution in [0.15, 0.2) is 0 Å². The second kappa shape index (κ2) is 16.5. The molecule has 0 heterocycles. The Labute approximate surface area is 135 Å². The van der Waals surface area contributed by atoms with Crippen LogP contribution in [0.3, 0.4) is 0 Å². The third kappa shape index (κ3) is 36.5. The third-order valence-corrected chi connectivity index (χ3v) is 3.11. The minimum atomic E-state index is -4.92. The lowest BCUT2D eigenvalue weighted by atomic mass is 10.1. The Balaban J connectivity index is 0. The topological polar surface area (TPSA) is 143 Å². The first-order chi connectivity index (χ1) is 10.3. The van der Waals surface area contributed by atoms with E-state index in [9.17, 15) is 0 Å². The second-order valence-electron chi connectivity index (χ2n) is 5.35. The molecule has 0 aromatic rings. The molecule has 0 aromatic heterocycles. The van der Waals surface area contributed by atoms with Crippen molar-refractivity contribution < 1.29 is 22.5 Å². The number of unbranched alkanes of at least 4 members (excludes halogenated alkanes) is 10. The van der Waals surface area contributed by atoms with Crippen LogP contribution in [0, 0.1) is 0 Å². The lowest BCUT2D eigenvalue weighted by molar-refractivity contribution is -0.459. The van der Waals surface area contributed by atoms with Gasteiger partial charge in [0.05, 0.1) is 6.54 Å². The summed E-state index contributed by atoms with van der Waals surface area (Å²) in [6.45, 7) is 3.18. The molecular formula is C14H33N3O4S. The van der Waals surface area contributed by atoms with E-state index in [1.54, 1.807) is 0 Å². The number of nitrogens with two attached hydrogens (primary N) is 2. The van der Waals surface area contributed by atoms with Gasteiger partial charge in [-0.3, -0.25) is 21.0 Å². The van der Waals surface area contributed by atoms with Gasteiger partial charge in [-0.1, -0.05) is 71.1 Å². The molecule has 0 fully saturated rings. The average Bonchev–Trinajstić information content (AvgIpc) is 2.38. The van der Waals surface area contributed by atoms with Gasteiger partial charge in [-0.25, -0.2) is 8.42 Å². The van der Waals surface area contributed by atoms with Crippen molar-refractivity contribution in [2.75, 3.05) is 6.54 Å². The van der Waals surface area contributed by atoms with Crippen molar-refractivity contribution in [2.24, 2.45) is 11.5 Å². The molecule has 0 saturated carbocycles. The number of nitrogens with one attached hydrogen (secondary N) is 1. The molecule has 0 atom stereocenters. The number of hydrogen-bond donors (Lipinski definition) is 4. The average molecular weight is 340 g/mol. The largest absolute Gasteiger partial charge is 0.726 e. The fraction of sp³-hybridized carbons (Fsp3) is 0.929. The molecule has 0 aliphatic heterocycles. The zero-order chi connectivity index (χ0) is 17.3. The van der Waals surface area contributed by atoms with Crippen molar-refractivity contribution >= 4 is 16.4 Å². The molecule has 0 amide bonds. The minimum Gasteiger partial charge on any atom is -0.726 e. The van der Waals surface area contributed by atoms with E-state index < -0.39 is 10.4 Å². The van der Waals surface area contributed by atoms with Crippen LogP contribution in [0.4, 0.5) is 0 Å². The second-order valence-corrected chi connectivity index (χ2v) is 6.20. The Kier molecular flexibility index (Phi) is 17.6. The first kappa shape index (κ1) is 23.4. The Bertz CT molecular complexity index is 347. The van der Waals surface area contributed by atoms with Crippen LogP contribution in [0.2, 0.25) is 0 Å². The molecule has 0 spiro atoms. The molecule has 0 rings (SSSR count). The van der Waals surface area contributed by atoms with Crippen molar-refractivity contribution in [3.05, 3.63) is 0 Å². The number of guanidine groups is 1. The fourth-order valence-electron chi connectivity index (χ4n) is 2.02. The van der Waals surface area contributed by atoms with Gasteiger partial charge in [-0.2, -0.15) is 0 Å². The lowest BCUT2D eigenvalue weighted by Crippen LogP contribution is -2.78. The van der Waals surface area contributed by atoms with E-state index in [0.717, 1.165) is 6.54 Å². The molecule has 7 nitrogen and oxygen atoms in total. The molecule has 0 bridgehead atoms. The van der Waals surface area contributed by atoms with Crippen LogP contribution < -0.4 is 16.5 Å². The molecule has 8 heteroatoms. The highest BCUT2D eigenvalue weighted by Gasteiger charge is 1.93. The SMILES string of the molecule is CCCCCCCCCCCCC[NH+]=C(N)N.O=S(=O)([O-])O. The molecule has 6 N–H and O–H groups in total. The van der Waals surface area contributed by atoms with Gasteiger partial charge < -0.3 is 4.55 Å². The summed E-state index contributed by atoms with van der Waals surface area (Å²) in [4.78, 5) is 2.95. The molecule has 0 aromatic carbocycles. The van der Waals surface area contributed by atoms with Gasteiger partial charge in [-0.15, -0.1) is 0 Å². The predicted octanol–water partition coefficient (Wildman–Crippen LogP) is 0.656. The molecule has 0 unspecified atom stereocenters. The van der Waals surface area contributed by atoms with Gasteiger partial charge in [0.1, 0.15) is 0 Å². The number of hydrogen-bond acceptors (Lipinski definition) is 3. The van der Waals surface area contributed by atoms with Crippen molar-refractivity contribution in [1.82, 2.24) is 0 Å². The molecule has 0 saturated heterocycles. The van der Waals surface area contributed by atoms with E-state index in [0.29, 0.717) is 5.96 Å². The third-order valence-electron chi connectivity index (χ3n) is 3.11. The smallest absolute Gasteiger partial charge is 0.338 e. The van der Waals surface area contributed by atoms with Gasteiger partial charge in [0.2, 0.25) is 10.4 Å². The van der Waals surface area contributed by atoms with Gasteiger partial charge in [0.15, 0.2) is 0 Å². The highest BCUT2D eigenvalue weighted by Crippen LogP contribution is 2.10. The van der Waals surface area contributed by atoms with Crippen LogP contribution in [0.25, 0.3) is 0 Å². The maximum Gasteiger partial charge on any atom is 0.338 e. The Morgan fingerprint density at radius 3 is 1.55 bits per heavy atom. The van der Waals surface area contributed by atoms with E-state index in [4.69, 9.17) is 29.0 Å². The van der Waals surface area contributed by atoms with Crippen LogP contribution in [0.1, 0.15) is 77.6 Å². The lowest BCUT2D eigenvalue weighted by Gasteiger charge is -2.01. The van der Waals surface area contributed by atoms with Gasteiger partial charge in [0, 0.05) is 0 Å². The van der Waals surface area contributed by atoms with E-state index >= 15 is 0 Å². The molecule has 0 radical (unpaired) electrons. The van der Waals surface area contributed by atoms with E-state index in [1.165, 1.54) is 70.6 Å². The highest BCUT2D eigenvalue weighted by atomic mass is 32.3. The van der Waals surface area contributed by atoms with Gasteiger partial charge in [0.25, 0.3) is 0 Å². The Hall–Kier alpha value is -0.860. The maximum absolute atomic E-state index is 8.63. The monoisotopic (exact) mass is 339 g/mol. The zero-order valence-electron chi connectivity index (χ0n) is 13.7. The van der Waals surface area contributed by atoms with E-state index in [1.807, 2.05) is 0 Å². The Morgan fingerprint density at radius 2 is 1.23 bits per heavy atom. The fourth-order valence-corrected chi connectivity index (χ4v) is 2.02. The first-order valence-corrected chi connectivity index (χ1v) is 9.44. The predicted molar refractivity (Wildman–Crippen MR) is 88.0 cm³/mol. The molecule has 0 aliphatic rings. The summed E-state index contributed by atoms with van der Waals surface area (Å²) in [6.07, 6.45) is 15.1. The van der Waals surface area contributed by atoms with Crippen LogP contribution in [-0.4, -0.2) is 30.0 Å². The molecule has 22 heavy (non-hydrogen) atoms. The highest BCUT2D eigenvalue weighted by molar-refractivity contribution is 7.79.